The van der Waals surface area contributed by atoms with Crippen LogP contribution in [-0.2, 0) is 15.8 Å². The van der Waals surface area contributed by atoms with Crippen molar-refractivity contribution in [3.8, 4) is 0 Å². The van der Waals surface area contributed by atoms with Gasteiger partial charge in [-0.2, -0.15) is 0 Å². The molecule has 4 nitrogen and oxygen atoms in total. The van der Waals surface area contributed by atoms with Crippen LogP contribution in [0, 0.1) is 14.1 Å². The molecule has 0 saturated heterocycles. The van der Waals surface area contributed by atoms with E-state index in [0.29, 0.717) is 0 Å². The first-order chi connectivity index (χ1) is 10.4. The van der Waals surface area contributed by atoms with Gasteiger partial charge in [0.1, 0.15) is 0 Å². The highest BCUT2D eigenvalue weighted by molar-refractivity contribution is 7.79. The van der Waals surface area contributed by atoms with Crippen LogP contribution in [0.1, 0.15) is 31.9 Å². The van der Waals surface area contributed by atoms with E-state index in [-0.39, 0.29) is 26.6 Å². The van der Waals surface area contributed by atoms with Gasteiger partial charge in [-0.15, -0.1) is 0 Å². The van der Waals surface area contributed by atoms with Crippen molar-refractivity contribution in [1.82, 2.24) is 0 Å². The van der Waals surface area contributed by atoms with Crippen molar-refractivity contribution in [2.75, 3.05) is 0 Å². The lowest BCUT2D eigenvalue weighted by Gasteiger charge is -2.18. The lowest BCUT2D eigenvalue weighted by molar-refractivity contribution is -0.597. The standard InChI is InChI=1S/C17H20I.H2O4S/c1-13-5-9-15(10-6-13)18-16-11-7-14(8-12-16)17(2,3)4;1-5(2,3)4/h5-12H,1-4H3;(H2,1,2,3,4)/q+1;/p-1. The zero-order chi connectivity index (χ0) is 17.7. The van der Waals surface area contributed by atoms with Gasteiger partial charge in [0.2, 0.25) is 10.4 Å². The van der Waals surface area contributed by atoms with E-state index in [4.69, 9.17) is 17.5 Å². The topological polar surface area (TPSA) is 77.4 Å². The van der Waals surface area contributed by atoms with Crippen molar-refractivity contribution in [1.29, 1.82) is 0 Å². The van der Waals surface area contributed by atoms with E-state index in [1.165, 1.54) is 18.3 Å². The molecule has 126 valence electrons. The number of hydrogen-bond donors (Lipinski definition) is 1. The Morgan fingerprint density at radius 2 is 1.26 bits per heavy atom. The largest absolute Gasteiger partial charge is 0.726 e. The molecule has 0 fully saturated rings. The van der Waals surface area contributed by atoms with Gasteiger partial charge in [0.05, 0.1) is 0 Å². The lowest BCUT2D eigenvalue weighted by Crippen LogP contribution is -3.61. The van der Waals surface area contributed by atoms with Crippen molar-refractivity contribution < 1.29 is 38.7 Å². The Balaban J connectivity index is 0.000000463. The zero-order valence-electron chi connectivity index (χ0n) is 13.6. The Kier molecular flexibility index (Phi) is 7.19. The Labute approximate surface area is 148 Å². The SMILES string of the molecule is Cc1ccc([I+]c2ccc(C(C)(C)C)cc2)cc1.O=S(=O)([O-])O. The molecule has 0 aromatic heterocycles. The quantitative estimate of drug-likeness (QED) is 0.411. The first kappa shape index (κ1) is 20.1. The second kappa shape index (κ2) is 8.23. The molecular formula is C17H21IO4S. The highest BCUT2D eigenvalue weighted by atomic mass is 127. The van der Waals surface area contributed by atoms with Crippen LogP contribution >= 0.6 is 0 Å². The van der Waals surface area contributed by atoms with Gasteiger partial charge in [0.15, 0.2) is 7.14 Å². The third-order valence-electron chi connectivity index (χ3n) is 2.94. The van der Waals surface area contributed by atoms with Crippen LogP contribution in [0.2, 0.25) is 0 Å². The van der Waals surface area contributed by atoms with Crippen LogP contribution in [0.3, 0.4) is 0 Å². The average molecular weight is 448 g/mol. The van der Waals surface area contributed by atoms with Crippen molar-refractivity contribution in [2.45, 2.75) is 33.1 Å². The summed E-state index contributed by atoms with van der Waals surface area (Å²) < 4.78 is 35.8. The molecule has 0 spiro atoms. The van der Waals surface area contributed by atoms with E-state index in [0.717, 1.165) is 0 Å². The zero-order valence-corrected chi connectivity index (χ0v) is 16.6. The Morgan fingerprint density at radius 3 is 1.61 bits per heavy atom. The number of benzene rings is 2. The van der Waals surface area contributed by atoms with E-state index in [1.54, 1.807) is 0 Å². The Bertz CT molecular complexity index is 707. The summed E-state index contributed by atoms with van der Waals surface area (Å²) in [7, 11) is -4.92. The van der Waals surface area contributed by atoms with Gasteiger partial charge in [-0.3, -0.25) is 4.55 Å². The van der Waals surface area contributed by atoms with Crippen LogP contribution in [0.25, 0.3) is 0 Å². The van der Waals surface area contributed by atoms with Crippen LogP contribution in [-0.4, -0.2) is 17.5 Å². The summed E-state index contributed by atoms with van der Waals surface area (Å²) in [6.45, 7) is 8.92. The second-order valence-electron chi connectivity index (χ2n) is 6.07. The normalized spacial score (nSPS) is 11.6. The fourth-order valence-corrected chi connectivity index (χ4v) is 3.89. The van der Waals surface area contributed by atoms with Crippen molar-refractivity contribution in [3.05, 3.63) is 66.8 Å². The van der Waals surface area contributed by atoms with Gasteiger partial charge in [-0.1, -0.05) is 50.6 Å². The molecule has 0 amide bonds. The summed E-state index contributed by atoms with van der Waals surface area (Å²) in [5.74, 6) is 0. The molecule has 23 heavy (non-hydrogen) atoms. The lowest BCUT2D eigenvalue weighted by atomic mass is 9.87. The van der Waals surface area contributed by atoms with Crippen molar-refractivity contribution in [2.24, 2.45) is 0 Å². The summed E-state index contributed by atoms with van der Waals surface area (Å²) in [4.78, 5) is 0. The van der Waals surface area contributed by atoms with Gasteiger partial charge in [-0.05, 0) is 42.2 Å². The van der Waals surface area contributed by atoms with Gasteiger partial charge in [0, 0.05) is 0 Å². The molecule has 0 unspecified atom stereocenters. The number of rotatable bonds is 2. The van der Waals surface area contributed by atoms with Gasteiger partial charge < -0.3 is 4.55 Å². The summed E-state index contributed by atoms with van der Waals surface area (Å²) in [5.41, 5.74) is 3.01. The van der Waals surface area contributed by atoms with Gasteiger partial charge in [0.25, 0.3) is 0 Å². The molecule has 2 aromatic carbocycles. The Hall–Kier alpha value is -0.960. The van der Waals surface area contributed by atoms with E-state index < -0.39 is 10.4 Å². The van der Waals surface area contributed by atoms with Crippen LogP contribution in [0.15, 0.2) is 48.5 Å². The number of halogens is 1. The maximum atomic E-state index is 8.63. The van der Waals surface area contributed by atoms with E-state index in [9.17, 15) is 0 Å². The number of aryl methyl sites for hydroxylation is 1. The van der Waals surface area contributed by atoms with Crippen molar-refractivity contribution in [3.63, 3.8) is 0 Å². The first-order valence-corrected chi connectivity index (χ1v) is 10.5. The predicted molar refractivity (Wildman–Crippen MR) is 86.0 cm³/mol. The molecule has 6 heteroatoms. The molecular weight excluding hydrogens is 427 g/mol. The fraction of sp³-hybridized carbons (Fsp3) is 0.294. The van der Waals surface area contributed by atoms with Gasteiger partial charge in [-0.25, -0.2) is 8.42 Å². The molecule has 0 atom stereocenters. The third-order valence-corrected chi connectivity index (χ3v) is 5.62. The molecule has 0 heterocycles. The summed E-state index contributed by atoms with van der Waals surface area (Å²) >= 11 is -0.0336. The molecule has 0 bridgehead atoms. The summed E-state index contributed by atoms with van der Waals surface area (Å²) in [5, 5.41) is 0. The van der Waals surface area contributed by atoms with Gasteiger partial charge >= 0.3 is 21.2 Å². The molecule has 0 aliphatic rings. The molecule has 2 rings (SSSR count). The minimum atomic E-state index is -4.92. The van der Waals surface area contributed by atoms with E-state index >= 15 is 0 Å². The summed E-state index contributed by atoms with van der Waals surface area (Å²) in [6, 6.07) is 18.1. The monoisotopic (exact) mass is 448 g/mol. The van der Waals surface area contributed by atoms with Crippen LogP contribution in [0.4, 0.5) is 0 Å². The predicted octanol–water partition coefficient (Wildman–Crippen LogP) is 0.426. The van der Waals surface area contributed by atoms with Crippen LogP contribution in [0.5, 0.6) is 0 Å². The highest BCUT2D eigenvalue weighted by Gasteiger charge is 2.18. The smallest absolute Gasteiger partial charge is 0.357 e. The minimum absolute atomic E-state index is 0.0336. The Morgan fingerprint density at radius 1 is 0.913 bits per heavy atom. The first-order valence-electron chi connectivity index (χ1n) is 6.95. The second-order valence-corrected chi connectivity index (χ2v) is 9.96. The minimum Gasteiger partial charge on any atom is -0.726 e. The molecule has 0 aliphatic carbocycles. The maximum Gasteiger partial charge on any atom is 0.357 e. The summed E-state index contributed by atoms with van der Waals surface area (Å²) in [6.07, 6.45) is 0. The fourth-order valence-electron chi connectivity index (χ4n) is 1.74. The molecule has 1 N–H and O–H groups in total. The molecule has 0 saturated carbocycles. The van der Waals surface area contributed by atoms with E-state index in [2.05, 4.69) is 76.2 Å². The van der Waals surface area contributed by atoms with E-state index in [1.807, 2.05) is 0 Å². The number of hydrogen-bond acceptors (Lipinski definition) is 3. The molecule has 2 aromatic rings. The highest BCUT2D eigenvalue weighted by Crippen LogP contribution is 2.20. The maximum absolute atomic E-state index is 8.63. The van der Waals surface area contributed by atoms with Crippen molar-refractivity contribution >= 4 is 10.4 Å². The molecule has 0 aliphatic heterocycles. The molecule has 0 radical (unpaired) electrons. The van der Waals surface area contributed by atoms with Crippen LogP contribution < -0.4 is 21.2 Å². The third kappa shape index (κ3) is 9.04. The average Bonchev–Trinajstić information content (AvgIpc) is 2.39.